The van der Waals surface area contributed by atoms with Crippen LogP contribution in [-0.2, 0) is 9.53 Å². The van der Waals surface area contributed by atoms with E-state index in [0.717, 1.165) is 12.8 Å². The molecular formula is C20H32BrNO2. The van der Waals surface area contributed by atoms with Crippen molar-refractivity contribution in [1.29, 1.82) is 0 Å². The average Bonchev–Trinajstić information content (AvgIpc) is 2.59. The molecule has 0 N–H and O–H groups in total. The Balaban J connectivity index is 0.00000529. The minimum atomic E-state index is -0.359. The second-order valence-electron chi connectivity index (χ2n) is 6.04. The van der Waals surface area contributed by atoms with Gasteiger partial charge in [0.1, 0.15) is 0 Å². The van der Waals surface area contributed by atoms with Gasteiger partial charge in [-0.2, -0.15) is 4.57 Å². The summed E-state index contributed by atoms with van der Waals surface area (Å²) < 4.78 is 7.41. The van der Waals surface area contributed by atoms with Crippen LogP contribution in [0.2, 0.25) is 0 Å². The fraction of sp³-hybridized carbons (Fsp3) is 0.600. The van der Waals surface area contributed by atoms with Crippen LogP contribution in [0.15, 0.2) is 43.2 Å². The van der Waals surface area contributed by atoms with Crippen LogP contribution in [0.5, 0.6) is 0 Å². The topological polar surface area (TPSA) is 30.2 Å². The first-order valence-corrected chi connectivity index (χ1v) is 9.06. The van der Waals surface area contributed by atoms with Gasteiger partial charge in [-0.25, -0.2) is 4.79 Å². The van der Waals surface area contributed by atoms with Crippen LogP contribution in [0.3, 0.4) is 0 Å². The van der Waals surface area contributed by atoms with E-state index in [1.54, 1.807) is 0 Å². The lowest BCUT2D eigenvalue weighted by molar-refractivity contribution is -0.757. The molecule has 0 fully saturated rings. The highest BCUT2D eigenvalue weighted by atomic mass is 79.9. The summed E-state index contributed by atoms with van der Waals surface area (Å²) >= 11 is 0. The van der Waals surface area contributed by atoms with Crippen molar-refractivity contribution in [2.24, 2.45) is 0 Å². The van der Waals surface area contributed by atoms with E-state index in [4.69, 9.17) is 4.74 Å². The van der Waals surface area contributed by atoms with E-state index in [-0.39, 0.29) is 29.2 Å². The summed E-state index contributed by atoms with van der Waals surface area (Å²) in [5, 5.41) is 0. The van der Waals surface area contributed by atoms with E-state index in [1.807, 2.05) is 35.2 Å². The van der Waals surface area contributed by atoms with Crippen molar-refractivity contribution in [3.63, 3.8) is 0 Å². The van der Waals surface area contributed by atoms with Gasteiger partial charge in [-0.05, 0) is 6.42 Å². The smallest absolute Gasteiger partial charge is 0.335 e. The van der Waals surface area contributed by atoms with E-state index in [0.29, 0.717) is 0 Å². The van der Waals surface area contributed by atoms with Gasteiger partial charge in [0.2, 0.25) is 0 Å². The second-order valence-corrected chi connectivity index (χ2v) is 6.04. The Morgan fingerprint density at radius 1 is 1.00 bits per heavy atom. The predicted molar refractivity (Wildman–Crippen MR) is 93.8 cm³/mol. The van der Waals surface area contributed by atoms with E-state index < -0.39 is 0 Å². The molecule has 4 heteroatoms. The zero-order valence-electron chi connectivity index (χ0n) is 15.0. The quantitative estimate of drug-likeness (QED) is 0.221. The van der Waals surface area contributed by atoms with Gasteiger partial charge in [0, 0.05) is 24.6 Å². The minimum absolute atomic E-state index is 0. The standard InChI is InChI=1S/C20H32NO2.BrH/c1-3-5-6-7-8-9-10-11-13-16-19(23-20(22)4-2)21-17-14-12-15-18-21;/h4,12,14-15,17-19H,2-3,5-11,13,16H2,1H3;1H/q+1;/p-1. The zero-order valence-corrected chi connectivity index (χ0v) is 16.5. The number of ether oxygens (including phenoxy) is 1. The third kappa shape index (κ3) is 10.6. The Bertz CT molecular complexity index is 437. The van der Waals surface area contributed by atoms with E-state index in [9.17, 15) is 4.79 Å². The number of hydrogen-bond donors (Lipinski definition) is 0. The highest BCUT2D eigenvalue weighted by molar-refractivity contribution is 5.81. The molecule has 1 unspecified atom stereocenters. The molecule has 1 aromatic heterocycles. The number of hydrogen-bond acceptors (Lipinski definition) is 2. The largest absolute Gasteiger partial charge is 1.00 e. The van der Waals surface area contributed by atoms with Crippen molar-refractivity contribution >= 4 is 5.97 Å². The van der Waals surface area contributed by atoms with Crippen LogP contribution in [0.4, 0.5) is 0 Å². The van der Waals surface area contributed by atoms with Crippen molar-refractivity contribution in [2.75, 3.05) is 0 Å². The Morgan fingerprint density at radius 3 is 2.08 bits per heavy atom. The summed E-state index contributed by atoms with van der Waals surface area (Å²) in [6.45, 7) is 5.73. The Hall–Kier alpha value is -1.16. The number of carbonyl (C=O) groups excluding carboxylic acids is 1. The average molecular weight is 398 g/mol. The number of nitrogens with zero attached hydrogens (tertiary/aromatic N) is 1. The Kier molecular flexibility index (Phi) is 14.6. The molecule has 0 bridgehead atoms. The molecule has 0 aliphatic heterocycles. The highest BCUT2D eigenvalue weighted by Gasteiger charge is 2.20. The lowest BCUT2D eigenvalue weighted by Crippen LogP contribution is -3.00. The molecule has 0 aliphatic carbocycles. The first kappa shape index (κ1) is 22.8. The van der Waals surface area contributed by atoms with Crippen LogP contribution >= 0.6 is 0 Å². The fourth-order valence-corrected chi connectivity index (χ4v) is 2.68. The summed E-state index contributed by atoms with van der Waals surface area (Å²) in [7, 11) is 0. The van der Waals surface area contributed by atoms with Crippen LogP contribution in [0.25, 0.3) is 0 Å². The number of rotatable bonds is 13. The van der Waals surface area contributed by atoms with Gasteiger partial charge in [-0.3, -0.25) is 0 Å². The number of unbranched alkanes of at least 4 members (excludes halogenated alkanes) is 8. The molecule has 136 valence electrons. The maximum Gasteiger partial charge on any atom is 0.335 e. The Labute approximate surface area is 157 Å². The molecular weight excluding hydrogens is 366 g/mol. The monoisotopic (exact) mass is 397 g/mol. The maximum atomic E-state index is 11.5. The summed E-state index contributed by atoms with van der Waals surface area (Å²) in [6.07, 6.45) is 17.4. The van der Waals surface area contributed by atoms with Crippen LogP contribution in [-0.4, -0.2) is 5.97 Å². The van der Waals surface area contributed by atoms with E-state index >= 15 is 0 Å². The molecule has 0 saturated heterocycles. The summed E-state index contributed by atoms with van der Waals surface area (Å²) in [5.74, 6) is -0.359. The zero-order chi connectivity index (χ0) is 16.8. The SMILES string of the molecule is C=CC(=O)OC(CCCCCCCCCCC)[n+]1ccccc1.[Br-]. The number of carbonyl (C=O) groups is 1. The normalized spacial score (nSPS) is 11.4. The molecule has 0 aromatic carbocycles. The summed E-state index contributed by atoms with van der Waals surface area (Å²) in [6, 6.07) is 5.86. The molecule has 0 radical (unpaired) electrons. The Morgan fingerprint density at radius 2 is 1.54 bits per heavy atom. The molecule has 1 atom stereocenters. The van der Waals surface area contributed by atoms with Gasteiger partial charge in [-0.1, -0.05) is 70.9 Å². The van der Waals surface area contributed by atoms with Crippen LogP contribution < -0.4 is 21.5 Å². The minimum Gasteiger partial charge on any atom is -1.00 e. The predicted octanol–water partition coefficient (Wildman–Crippen LogP) is 2.13. The van der Waals surface area contributed by atoms with Crippen molar-refractivity contribution < 1.29 is 31.1 Å². The molecule has 1 heterocycles. The number of esters is 1. The number of halogens is 1. The molecule has 0 aliphatic rings. The van der Waals surface area contributed by atoms with Gasteiger partial charge >= 0.3 is 12.2 Å². The molecule has 0 saturated carbocycles. The fourth-order valence-electron chi connectivity index (χ4n) is 2.68. The van der Waals surface area contributed by atoms with Gasteiger partial charge in [0.15, 0.2) is 12.4 Å². The molecule has 0 amide bonds. The molecule has 1 rings (SSSR count). The van der Waals surface area contributed by atoms with Gasteiger partial charge in [0.25, 0.3) is 0 Å². The number of aromatic nitrogens is 1. The van der Waals surface area contributed by atoms with Gasteiger partial charge < -0.3 is 21.7 Å². The maximum absolute atomic E-state index is 11.5. The molecule has 0 spiro atoms. The molecule has 1 aromatic rings. The van der Waals surface area contributed by atoms with Crippen molar-refractivity contribution in [1.82, 2.24) is 0 Å². The second kappa shape index (κ2) is 15.4. The first-order valence-electron chi connectivity index (χ1n) is 9.06. The van der Waals surface area contributed by atoms with E-state index in [1.165, 1.54) is 57.4 Å². The van der Waals surface area contributed by atoms with Crippen molar-refractivity contribution in [3.8, 4) is 0 Å². The first-order chi connectivity index (χ1) is 11.3. The van der Waals surface area contributed by atoms with Crippen LogP contribution in [0, 0.1) is 0 Å². The van der Waals surface area contributed by atoms with Crippen LogP contribution in [0.1, 0.15) is 77.4 Å². The van der Waals surface area contributed by atoms with Crippen molar-refractivity contribution in [3.05, 3.63) is 43.2 Å². The third-order valence-electron chi connectivity index (χ3n) is 4.04. The number of pyridine rings is 1. The highest BCUT2D eigenvalue weighted by Crippen LogP contribution is 2.15. The summed E-state index contributed by atoms with van der Waals surface area (Å²) in [5.41, 5.74) is 0. The van der Waals surface area contributed by atoms with E-state index in [2.05, 4.69) is 13.5 Å². The molecule has 3 nitrogen and oxygen atoms in total. The summed E-state index contributed by atoms with van der Waals surface area (Å²) in [4.78, 5) is 11.5. The van der Waals surface area contributed by atoms with Crippen molar-refractivity contribution in [2.45, 2.75) is 77.4 Å². The lowest BCUT2D eigenvalue weighted by Gasteiger charge is -2.12. The lowest BCUT2D eigenvalue weighted by atomic mass is 10.1. The van der Waals surface area contributed by atoms with Gasteiger partial charge in [-0.15, -0.1) is 0 Å². The molecule has 24 heavy (non-hydrogen) atoms. The third-order valence-corrected chi connectivity index (χ3v) is 4.04. The van der Waals surface area contributed by atoms with Gasteiger partial charge in [0.05, 0.1) is 0 Å².